The molecule has 2 aromatic rings. The Labute approximate surface area is 131 Å². The van der Waals surface area contributed by atoms with Gasteiger partial charge >= 0.3 is 5.97 Å². The first-order chi connectivity index (χ1) is 10.6. The largest absolute Gasteiger partial charge is 0.466 e. The van der Waals surface area contributed by atoms with Crippen LogP contribution < -0.4 is 5.73 Å². The van der Waals surface area contributed by atoms with Gasteiger partial charge in [-0.05, 0) is 49.4 Å². The molecule has 0 aliphatic heterocycles. The maximum absolute atomic E-state index is 11.3. The van der Waals surface area contributed by atoms with E-state index in [1.54, 1.807) is 0 Å². The summed E-state index contributed by atoms with van der Waals surface area (Å²) in [7, 11) is 0. The second kappa shape index (κ2) is 7.64. The molecule has 0 radical (unpaired) electrons. The standard InChI is InChI=1S/C17H23N3O2/c1-3-22-17(21)6-4-5-15-8-7-14(9-16(15)18)12-20-11-13(2)10-19-20/h7-11H,3-6,12,18H2,1-2H3. The van der Waals surface area contributed by atoms with E-state index in [1.165, 1.54) is 0 Å². The highest BCUT2D eigenvalue weighted by molar-refractivity contribution is 5.69. The number of nitrogen functional groups attached to an aromatic ring is 1. The van der Waals surface area contributed by atoms with Gasteiger partial charge in [0.25, 0.3) is 0 Å². The minimum atomic E-state index is -0.147. The predicted molar refractivity (Wildman–Crippen MR) is 86.5 cm³/mol. The Kier molecular flexibility index (Phi) is 5.58. The molecule has 1 aromatic carbocycles. The van der Waals surface area contributed by atoms with Crippen LogP contribution in [0.15, 0.2) is 30.6 Å². The van der Waals surface area contributed by atoms with Crippen LogP contribution in [0.2, 0.25) is 0 Å². The summed E-state index contributed by atoms with van der Waals surface area (Å²) in [6.07, 6.45) is 5.81. The number of ether oxygens (including phenoxy) is 1. The molecule has 5 heteroatoms. The third-order valence-electron chi connectivity index (χ3n) is 3.45. The van der Waals surface area contributed by atoms with Gasteiger partial charge in [-0.1, -0.05) is 12.1 Å². The van der Waals surface area contributed by atoms with Crippen LogP contribution in [0.1, 0.15) is 36.5 Å². The number of hydrogen-bond acceptors (Lipinski definition) is 4. The van der Waals surface area contributed by atoms with E-state index in [2.05, 4.69) is 11.2 Å². The number of anilines is 1. The molecular weight excluding hydrogens is 278 g/mol. The van der Waals surface area contributed by atoms with Crippen molar-refractivity contribution in [2.45, 2.75) is 39.7 Å². The van der Waals surface area contributed by atoms with Crippen molar-refractivity contribution in [3.8, 4) is 0 Å². The van der Waals surface area contributed by atoms with E-state index >= 15 is 0 Å². The Balaban J connectivity index is 1.90. The van der Waals surface area contributed by atoms with Gasteiger partial charge in [0, 0.05) is 18.3 Å². The summed E-state index contributed by atoms with van der Waals surface area (Å²) in [5, 5.41) is 4.27. The lowest BCUT2D eigenvalue weighted by molar-refractivity contribution is -0.143. The molecular formula is C17H23N3O2. The van der Waals surface area contributed by atoms with Crippen LogP contribution in [0.25, 0.3) is 0 Å². The topological polar surface area (TPSA) is 70.1 Å². The van der Waals surface area contributed by atoms with Crippen LogP contribution in [0.3, 0.4) is 0 Å². The first-order valence-corrected chi connectivity index (χ1v) is 7.60. The summed E-state index contributed by atoms with van der Waals surface area (Å²) in [6.45, 7) is 4.98. The Morgan fingerprint density at radius 2 is 2.23 bits per heavy atom. The van der Waals surface area contributed by atoms with Gasteiger partial charge in [0.1, 0.15) is 0 Å². The van der Waals surface area contributed by atoms with E-state index in [0.717, 1.165) is 35.2 Å². The minimum absolute atomic E-state index is 0.147. The van der Waals surface area contributed by atoms with Gasteiger partial charge in [-0.25, -0.2) is 0 Å². The second-order valence-electron chi connectivity index (χ2n) is 5.41. The third-order valence-corrected chi connectivity index (χ3v) is 3.45. The number of rotatable bonds is 7. The van der Waals surface area contributed by atoms with E-state index in [0.29, 0.717) is 19.6 Å². The molecule has 2 rings (SSSR count). The fraction of sp³-hybridized carbons (Fsp3) is 0.412. The molecule has 22 heavy (non-hydrogen) atoms. The number of carbonyl (C=O) groups is 1. The van der Waals surface area contributed by atoms with Crippen LogP contribution in [0, 0.1) is 6.92 Å². The molecule has 0 spiro atoms. The summed E-state index contributed by atoms with van der Waals surface area (Å²) < 4.78 is 6.81. The maximum Gasteiger partial charge on any atom is 0.305 e. The smallest absolute Gasteiger partial charge is 0.305 e. The molecule has 2 N–H and O–H groups in total. The monoisotopic (exact) mass is 301 g/mol. The average Bonchev–Trinajstić information content (AvgIpc) is 2.87. The summed E-state index contributed by atoms with van der Waals surface area (Å²) in [4.78, 5) is 11.3. The molecule has 0 fully saturated rings. The number of carbonyl (C=O) groups excluding carboxylic acids is 1. The van der Waals surface area contributed by atoms with Crippen molar-refractivity contribution in [3.05, 3.63) is 47.3 Å². The van der Waals surface area contributed by atoms with E-state index in [9.17, 15) is 4.79 Å². The van der Waals surface area contributed by atoms with Crippen molar-refractivity contribution in [2.75, 3.05) is 12.3 Å². The molecule has 0 amide bonds. The van der Waals surface area contributed by atoms with Crippen molar-refractivity contribution in [2.24, 2.45) is 0 Å². The molecule has 5 nitrogen and oxygen atoms in total. The molecule has 0 unspecified atom stereocenters. The zero-order valence-corrected chi connectivity index (χ0v) is 13.2. The molecule has 1 aromatic heterocycles. The zero-order chi connectivity index (χ0) is 15.9. The number of benzene rings is 1. The number of nitrogens with zero attached hydrogens (tertiary/aromatic N) is 2. The van der Waals surface area contributed by atoms with E-state index in [-0.39, 0.29) is 5.97 Å². The van der Waals surface area contributed by atoms with Crippen LogP contribution >= 0.6 is 0 Å². The summed E-state index contributed by atoms with van der Waals surface area (Å²) >= 11 is 0. The van der Waals surface area contributed by atoms with Gasteiger partial charge < -0.3 is 10.5 Å². The Bertz CT molecular complexity index is 635. The highest BCUT2D eigenvalue weighted by atomic mass is 16.5. The Morgan fingerprint density at radius 1 is 1.41 bits per heavy atom. The average molecular weight is 301 g/mol. The van der Waals surface area contributed by atoms with Crippen molar-refractivity contribution >= 4 is 11.7 Å². The molecule has 0 saturated heterocycles. The number of aryl methyl sites for hydroxylation is 2. The Morgan fingerprint density at radius 3 is 2.86 bits per heavy atom. The summed E-state index contributed by atoms with van der Waals surface area (Å²) in [5.74, 6) is -0.147. The number of esters is 1. The fourth-order valence-corrected chi connectivity index (χ4v) is 2.37. The van der Waals surface area contributed by atoms with Gasteiger partial charge in [-0.15, -0.1) is 0 Å². The minimum Gasteiger partial charge on any atom is -0.466 e. The van der Waals surface area contributed by atoms with Gasteiger partial charge in [0.05, 0.1) is 19.3 Å². The van der Waals surface area contributed by atoms with Crippen LogP contribution in [-0.4, -0.2) is 22.4 Å². The normalized spacial score (nSPS) is 10.6. The van der Waals surface area contributed by atoms with Crippen molar-refractivity contribution in [1.82, 2.24) is 9.78 Å². The highest BCUT2D eigenvalue weighted by Crippen LogP contribution is 2.18. The molecule has 0 atom stereocenters. The van der Waals surface area contributed by atoms with Crippen LogP contribution in [0.4, 0.5) is 5.69 Å². The number of aromatic nitrogens is 2. The van der Waals surface area contributed by atoms with Gasteiger partial charge in [0.15, 0.2) is 0 Å². The van der Waals surface area contributed by atoms with Crippen molar-refractivity contribution < 1.29 is 9.53 Å². The zero-order valence-electron chi connectivity index (χ0n) is 13.2. The molecule has 0 aliphatic carbocycles. The molecule has 118 valence electrons. The quantitative estimate of drug-likeness (QED) is 0.630. The maximum atomic E-state index is 11.3. The molecule has 0 bridgehead atoms. The van der Waals surface area contributed by atoms with Gasteiger partial charge in [0.2, 0.25) is 0 Å². The first kappa shape index (κ1) is 16.1. The molecule has 0 saturated carbocycles. The number of nitrogens with two attached hydrogens (primary N) is 1. The van der Waals surface area contributed by atoms with Gasteiger partial charge in [-0.3, -0.25) is 9.48 Å². The Hall–Kier alpha value is -2.30. The fourth-order valence-electron chi connectivity index (χ4n) is 2.37. The first-order valence-electron chi connectivity index (χ1n) is 7.60. The lowest BCUT2D eigenvalue weighted by Crippen LogP contribution is -2.05. The third kappa shape index (κ3) is 4.62. The van der Waals surface area contributed by atoms with Crippen LogP contribution in [0.5, 0.6) is 0 Å². The SMILES string of the molecule is CCOC(=O)CCCc1ccc(Cn2cc(C)cn2)cc1N. The van der Waals surface area contributed by atoms with E-state index in [4.69, 9.17) is 10.5 Å². The lowest BCUT2D eigenvalue weighted by Gasteiger charge is -2.09. The summed E-state index contributed by atoms with van der Waals surface area (Å²) in [6, 6.07) is 6.08. The molecule has 0 aliphatic rings. The van der Waals surface area contributed by atoms with E-state index < -0.39 is 0 Å². The number of hydrogen-bond donors (Lipinski definition) is 1. The summed E-state index contributed by atoms with van der Waals surface area (Å²) in [5.41, 5.74) is 10.2. The second-order valence-corrected chi connectivity index (χ2v) is 5.41. The lowest BCUT2D eigenvalue weighted by atomic mass is 10.0. The van der Waals surface area contributed by atoms with Gasteiger partial charge in [-0.2, -0.15) is 5.10 Å². The van der Waals surface area contributed by atoms with Crippen LogP contribution in [-0.2, 0) is 22.5 Å². The van der Waals surface area contributed by atoms with Crippen molar-refractivity contribution in [1.29, 1.82) is 0 Å². The predicted octanol–water partition coefficient (Wildman–Crippen LogP) is 2.71. The van der Waals surface area contributed by atoms with E-state index in [1.807, 2.05) is 43.1 Å². The van der Waals surface area contributed by atoms with Crippen molar-refractivity contribution in [3.63, 3.8) is 0 Å². The highest BCUT2D eigenvalue weighted by Gasteiger charge is 2.05. The molecule has 1 heterocycles.